The van der Waals surface area contributed by atoms with E-state index in [-0.39, 0.29) is 5.91 Å². The predicted molar refractivity (Wildman–Crippen MR) is 90.5 cm³/mol. The van der Waals surface area contributed by atoms with Crippen LogP contribution in [0.1, 0.15) is 23.4 Å². The second kappa shape index (κ2) is 6.75. The van der Waals surface area contributed by atoms with Crippen molar-refractivity contribution in [3.05, 3.63) is 52.7 Å². The Kier molecular flexibility index (Phi) is 4.52. The third kappa shape index (κ3) is 3.84. The lowest BCUT2D eigenvalue weighted by Crippen LogP contribution is -2.13. The minimum atomic E-state index is -0.0622. The SMILES string of the molecule is Cc1ccc(NC(=O)CCc2nc(-c3cccs3)no2)c(C)c1. The Balaban J connectivity index is 1.57. The van der Waals surface area contributed by atoms with E-state index in [4.69, 9.17) is 4.52 Å². The summed E-state index contributed by atoms with van der Waals surface area (Å²) in [5.74, 6) is 0.988. The predicted octanol–water partition coefficient (Wildman–Crippen LogP) is 3.99. The highest BCUT2D eigenvalue weighted by molar-refractivity contribution is 7.13. The highest BCUT2D eigenvalue weighted by atomic mass is 32.1. The topological polar surface area (TPSA) is 68.0 Å². The minimum absolute atomic E-state index is 0.0622. The Morgan fingerprint density at radius 2 is 2.17 bits per heavy atom. The fourth-order valence-corrected chi connectivity index (χ4v) is 2.90. The molecule has 1 amide bonds. The standard InChI is InChI=1S/C17H17N3O2S/c1-11-5-6-13(12(2)10-11)18-15(21)7-8-16-19-17(20-22-16)14-4-3-9-23-14/h3-6,9-10H,7-8H2,1-2H3,(H,18,21). The van der Waals surface area contributed by atoms with Crippen molar-refractivity contribution in [2.45, 2.75) is 26.7 Å². The van der Waals surface area contributed by atoms with Gasteiger partial charge in [-0.3, -0.25) is 4.79 Å². The number of carbonyl (C=O) groups excluding carboxylic acids is 1. The second-order valence-electron chi connectivity index (χ2n) is 5.36. The molecule has 0 bridgehead atoms. The zero-order chi connectivity index (χ0) is 16.2. The average Bonchev–Trinajstić information content (AvgIpc) is 3.18. The molecule has 2 aromatic heterocycles. The van der Waals surface area contributed by atoms with Crippen LogP contribution in [0.4, 0.5) is 5.69 Å². The van der Waals surface area contributed by atoms with Crippen LogP contribution in [0.25, 0.3) is 10.7 Å². The van der Waals surface area contributed by atoms with E-state index in [0.29, 0.717) is 24.6 Å². The van der Waals surface area contributed by atoms with Crippen LogP contribution in [0.3, 0.4) is 0 Å². The van der Waals surface area contributed by atoms with Gasteiger partial charge in [-0.2, -0.15) is 4.98 Å². The van der Waals surface area contributed by atoms with E-state index >= 15 is 0 Å². The maximum absolute atomic E-state index is 12.1. The van der Waals surface area contributed by atoms with Crippen LogP contribution in [-0.4, -0.2) is 16.0 Å². The molecule has 1 aromatic carbocycles. The molecular weight excluding hydrogens is 310 g/mol. The molecule has 0 fully saturated rings. The number of carbonyl (C=O) groups is 1. The summed E-state index contributed by atoms with van der Waals surface area (Å²) in [4.78, 5) is 17.3. The summed E-state index contributed by atoms with van der Waals surface area (Å²) in [5, 5.41) is 8.81. The van der Waals surface area contributed by atoms with Gasteiger partial charge in [-0.15, -0.1) is 11.3 Å². The van der Waals surface area contributed by atoms with Crippen LogP contribution in [-0.2, 0) is 11.2 Å². The quantitative estimate of drug-likeness (QED) is 0.769. The van der Waals surface area contributed by atoms with Crippen molar-refractivity contribution < 1.29 is 9.32 Å². The number of benzene rings is 1. The van der Waals surface area contributed by atoms with E-state index in [9.17, 15) is 4.79 Å². The zero-order valence-corrected chi connectivity index (χ0v) is 13.8. The molecule has 0 aliphatic carbocycles. The van der Waals surface area contributed by atoms with Gasteiger partial charge in [0.05, 0.1) is 4.88 Å². The fourth-order valence-electron chi connectivity index (χ4n) is 2.25. The summed E-state index contributed by atoms with van der Waals surface area (Å²) < 4.78 is 5.19. The maximum atomic E-state index is 12.1. The zero-order valence-electron chi connectivity index (χ0n) is 13.0. The molecule has 0 radical (unpaired) electrons. The molecule has 0 saturated heterocycles. The molecule has 2 heterocycles. The first-order chi connectivity index (χ1) is 11.1. The normalized spacial score (nSPS) is 10.7. The number of rotatable bonds is 5. The third-order valence-corrected chi connectivity index (χ3v) is 4.30. The molecule has 118 valence electrons. The maximum Gasteiger partial charge on any atom is 0.227 e. The molecule has 0 saturated carbocycles. The van der Waals surface area contributed by atoms with Gasteiger partial charge >= 0.3 is 0 Å². The Hall–Kier alpha value is -2.47. The highest BCUT2D eigenvalue weighted by Crippen LogP contribution is 2.21. The summed E-state index contributed by atoms with van der Waals surface area (Å²) >= 11 is 1.55. The Morgan fingerprint density at radius 3 is 2.91 bits per heavy atom. The molecule has 5 nitrogen and oxygen atoms in total. The highest BCUT2D eigenvalue weighted by Gasteiger charge is 2.12. The number of hydrogen-bond acceptors (Lipinski definition) is 5. The van der Waals surface area contributed by atoms with E-state index in [2.05, 4.69) is 15.5 Å². The molecule has 0 spiro atoms. The average molecular weight is 327 g/mol. The van der Waals surface area contributed by atoms with Gasteiger partial charge in [-0.05, 0) is 36.9 Å². The van der Waals surface area contributed by atoms with Crippen molar-refractivity contribution in [2.75, 3.05) is 5.32 Å². The number of hydrogen-bond donors (Lipinski definition) is 1. The van der Waals surface area contributed by atoms with Crippen molar-refractivity contribution in [3.8, 4) is 10.7 Å². The molecule has 6 heteroatoms. The summed E-state index contributed by atoms with van der Waals surface area (Å²) in [5.41, 5.74) is 3.06. The van der Waals surface area contributed by atoms with Crippen LogP contribution >= 0.6 is 11.3 Å². The van der Waals surface area contributed by atoms with Crippen molar-refractivity contribution >= 4 is 22.9 Å². The molecule has 3 rings (SSSR count). The summed E-state index contributed by atoms with van der Waals surface area (Å²) in [6.45, 7) is 4.01. The molecule has 0 aliphatic rings. The summed E-state index contributed by atoms with van der Waals surface area (Å²) in [7, 11) is 0. The van der Waals surface area contributed by atoms with Crippen LogP contribution in [0, 0.1) is 13.8 Å². The van der Waals surface area contributed by atoms with Crippen molar-refractivity contribution in [2.24, 2.45) is 0 Å². The molecule has 0 aliphatic heterocycles. The number of thiophene rings is 1. The van der Waals surface area contributed by atoms with E-state index in [1.165, 1.54) is 5.56 Å². The van der Waals surface area contributed by atoms with Crippen molar-refractivity contribution in [3.63, 3.8) is 0 Å². The van der Waals surface area contributed by atoms with Gasteiger partial charge in [0.2, 0.25) is 17.6 Å². The minimum Gasteiger partial charge on any atom is -0.339 e. The summed E-state index contributed by atoms with van der Waals surface area (Å²) in [6.07, 6.45) is 0.731. The molecular formula is C17H17N3O2S. The second-order valence-corrected chi connectivity index (χ2v) is 6.30. The Bertz CT molecular complexity index is 809. The van der Waals surface area contributed by atoms with Crippen LogP contribution in [0.15, 0.2) is 40.2 Å². The van der Waals surface area contributed by atoms with Gasteiger partial charge in [-0.25, -0.2) is 0 Å². The lowest BCUT2D eigenvalue weighted by Gasteiger charge is -2.08. The number of aromatic nitrogens is 2. The van der Waals surface area contributed by atoms with Crippen LogP contribution in [0.2, 0.25) is 0 Å². The number of anilines is 1. The molecule has 1 N–H and O–H groups in total. The molecule has 0 unspecified atom stereocenters. The van der Waals surface area contributed by atoms with E-state index < -0.39 is 0 Å². The first-order valence-corrected chi connectivity index (χ1v) is 8.23. The Morgan fingerprint density at radius 1 is 1.30 bits per heavy atom. The van der Waals surface area contributed by atoms with E-state index in [1.807, 2.05) is 49.6 Å². The number of aryl methyl sites for hydroxylation is 3. The van der Waals surface area contributed by atoms with Gasteiger partial charge < -0.3 is 9.84 Å². The van der Waals surface area contributed by atoms with Gasteiger partial charge in [0.15, 0.2) is 0 Å². The van der Waals surface area contributed by atoms with Gasteiger partial charge in [0.1, 0.15) is 0 Å². The van der Waals surface area contributed by atoms with Crippen molar-refractivity contribution in [1.29, 1.82) is 0 Å². The monoisotopic (exact) mass is 327 g/mol. The molecule has 0 atom stereocenters. The first-order valence-electron chi connectivity index (χ1n) is 7.35. The van der Waals surface area contributed by atoms with Crippen molar-refractivity contribution in [1.82, 2.24) is 10.1 Å². The van der Waals surface area contributed by atoms with E-state index in [0.717, 1.165) is 16.1 Å². The van der Waals surface area contributed by atoms with Gasteiger partial charge in [0.25, 0.3) is 0 Å². The van der Waals surface area contributed by atoms with Crippen LogP contribution < -0.4 is 5.32 Å². The van der Waals surface area contributed by atoms with Gasteiger partial charge in [-0.1, -0.05) is 28.9 Å². The number of nitrogens with one attached hydrogen (secondary N) is 1. The number of amides is 1. The smallest absolute Gasteiger partial charge is 0.227 e. The molecule has 23 heavy (non-hydrogen) atoms. The lowest BCUT2D eigenvalue weighted by molar-refractivity contribution is -0.116. The van der Waals surface area contributed by atoms with Crippen LogP contribution in [0.5, 0.6) is 0 Å². The molecule has 3 aromatic rings. The largest absolute Gasteiger partial charge is 0.339 e. The third-order valence-electron chi connectivity index (χ3n) is 3.43. The van der Waals surface area contributed by atoms with Gasteiger partial charge in [0, 0.05) is 18.5 Å². The first kappa shape index (κ1) is 15.4. The Labute approximate surface area is 138 Å². The van der Waals surface area contributed by atoms with E-state index in [1.54, 1.807) is 11.3 Å². The summed E-state index contributed by atoms with van der Waals surface area (Å²) in [6, 6.07) is 9.82. The fraction of sp³-hybridized carbons (Fsp3) is 0.235. The number of nitrogens with zero attached hydrogens (tertiary/aromatic N) is 2. The lowest BCUT2D eigenvalue weighted by atomic mass is 10.1.